The van der Waals surface area contributed by atoms with Crippen molar-refractivity contribution >= 4 is 33.0 Å². The van der Waals surface area contributed by atoms with E-state index in [4.69, 9.17) is 11.6 Å². The number of hydrogen-bond acceptors (Lipinski definition) is 2. The number of benzene rings is 2. The molecule has 1 aromatic heterocycles. The molecule has 108 valence electrons. The number of nitrogens with one attached hydrogen (secondary N) is 1. The lowest BCUT2D eigenvalue weighted by molar-refractivity contribution is 0.552. The van der Waals surface area contributed by atoms with Gasteiger partial charge in [0, 0.05) is 15.8 Å². The second kappa shape index (κ2) is 6.61. The number of fused-ring (bicyclic) bond motifs is 1. The third kappa shape index (κ3) is 3.29. The van der Waals surface area contributed by atoms with E-state index in [0.717, 1.165) is 18.0 Å². The molecule has 1 N–H and O–H groups in total. The van der Waals surface area contributed by atoms with Crippen molar-refractivity contribution in [3.8, 4) is 0 Å². The minimum absolute atomic E-state index is 0.324. The summed E-state index contributed by atoms with van der Waals surface area (Å²) in [7, 11) is 0. The van der Waals surface area contributed by atoms with Gasteiger partial charge in [-0.2, -0.15) is 0 Å². The van der Waals surface area contributed by atoms with Gasteiger partial charge in [0.1, 0.15) is 0 Å². The molecule has 1 heterocycles. The molecule has 0 bridgehead atoms. The highest BCUT2D eigenvalue weighted by Gasteiger charge is 2.13. The molecule has 0 spiro atoms. The van der Waals surface area contributed by atoms with Crippen LogP contribution in [0.2, 0.25) is 5.02 Å². The van der Waals surface area contributed by atoms with E-state index < -0.39 is 0 Å². The zero-order valence-corrected chi connectivity index (χ0v) is 13.5. The third-order valence-electron chi connectivity index (χ3n) is 3.71. The van der Waals surface area contributed by atoms with Gasteiger partial charge in [0.05, 0.1) is 0 Å². The number of likely N-dealkylation sites (N-methyl/N-ethyl adjacent to an activating group) is 1. The van der Waals surface area contributed by atoms with Crippen molar-refractivity contribution in [1.82, 2.24) is 5.32 Å². The lowest BCUT2D eigenvalue weighted by Gasteiger charge is -2.18. The lowest BCUT2D eigenvalue weighted by Crippen LogP contribution is -2.22. The van der Waals surface area contributed by atoms with Gasteiger partial charge in [-0.3, -0.25) is 0 Å². The molecule has 0 saturated heterocycles. The first-order chi connectivity index (χ1) is 10.3. The largest absolute Gasteiger partial charge is 0.310 e. The molecule has 1 atom stereocenters. The smallest absolute Gasteiger partial charge is 0.0406 e. The first-order valence-electron chi connectivity index (χ1n) is 7.22. The highest BCUT2D eigenvalue weighted by molar-refractivity contribution is 7.17. The van der Waals surface area contributed by atoms with Crippen LogP contribution in [0.15, 0.2) is 53.9 Å². The van der Waals surface area contributed by atoms with Crippen molar-refractivity contribution < 1.29 is 0 Å². The summed E-state index contributed by atoms with van der Waals surface area (Å²) in [4.78, 5) is 0. The Balaban J connectivity index is 1.89. The maximum atomic E-state index is 6.00. The molecule has 2 aromatic carbocycles. The van der Waals surface area contributed by atoms with E-state index in [9.17, 15) is 0 Å². The number of rotatable bonds is 5. The number of hydrogen-bond donors (Lipinski definition) is 1. The van der Waals surface area contributed by atoms with Crippen LogP contribution in [0, 0.1) is 0 Å². The Morgan fingerprint density at radius 3 is 2.62 bits per heavy atom. The van der Waals surface area contributed by atoms with Crippen LogP contribution < -0.4 is 5.32 Å². The zero-order valence-electron chi connectivity index (χ0n) is 12.0. The summed E-state index contributed by atoms with van der Waals surface area (Å²) in [6.45, 7) is 3.10. The minimum atomic E-state index is 0.324. The summed E-state index contributed by atoms with van der Waals surface area (Å²) in [5.41, 5.74) is 2.70. The second-order valence-electron chi connectivity index (χ2n) is 5.12. The van der Waals surface area contributed by atoms with E-state index in [2.05, 4.69) is 54.0 Å². The van der Waals surface area contributed by atoms with Crippen LogP contribution in [-0.4, -0.2) is 6.54 Å². The topological polar surface area (TPSA) is 12.0 Å². The SMILES string of the molecule is CCNC(Cc1csc2ccccc12)c1ccc(Cl)cc1. The summed E-state index contributed by atoms with van der Waals surface area (Å²) in [5, 5.41) is 8.03. The van der Waals surface area contributed by atoms with E-state index in [1.165, 1.54) is 21.2 Å². The van der Waals surface area contributed by atoms with Gasteiger partial charge in [0.25, 0.3) is 0 Å². The van der Waals surface area contributed by atoms with Crippen LogP contribution in [-0.2, 0) is 6.42 Å². The predicted molar refractivity (Wildman–Crippen MR) is 93.4 cm³/mol. The quantitative estimate of drug-likeness (QED) is 0.660. The van der Waals surface area contributed by atoms with E-state index >= 15 is 0 Å². The Labute approximate surface area is 134 Å². The van der Waals surface area contributed by atoms with Gasteiger partial charge < -0.3 is 5.32 Å². The Morgan fingerprint density at radius 2 is 1.86 bits per heavy atom. The number of thiophene rings is 1. The van der Waals surface area contributed by atoms with Crippen molar-refractivity contribution in [2.45, 2.75) is 19.4 Å². The van der Waals surface area contributed by atoms with Crippen LogP contribution in [0.4, 0.5) is 0 Å². The summed E-state index contributed by atoms with van der Waals surface area (Å²) in [6, 6.07) is 17.1. The lowest BCUT2D eigenvalue weighted by atomic mass is 9.98. The molecule has 3 rings (SSSR count). The molecule has 0 aliphatic carbocycles. The van der Waals surface area contributed by atoms with Gasteiger partial charge in [-0.15, -0.1) is 11.3 Å². The van der Waals surface area contributed by atoms with Gasteiger partial charge in [0.2, 0.25) is 0 Å². The maximum absolute atomic E-state index is 6.00. The average molecular weight is 316 g/mol. The van der Waals surface area contributed by atoms with Crippen molar-refractivity contribution in [3.63, 3.8) is 0 Å². The van der Waals surface area contributed by atoms with Crippen molar-refractivity contribution in [2.75, 3.05) is 6.54 Å². The van der Waals surface area contributed by atoms with Crippen molar-refractivity contribution in [3.05, 3.63) is 70.1 Å². The fraction of sp³-hybridized carbons (Fsp3) is 0.222. The normalized spacial score (nSPS) is 12.7. The van der Waals surface area contributed by atoms with E-state index in [0.29, 0.717) is 6.04 Å². The van der Waals surface area contributed by atoms with Gasteiger partial charge in [-0.05, 0) is 53.1 Å². The highest BCUT2D eigenvalue weighted by Crippen LogP contribution is 2.29. The van der Waals surface area contributed by atoms with E-state index in [1.54, 1.807) is 0 Å². The highest BCUT2D eigenvalue weighted by atomic mass is 35.5. The molecule has 0 radical (unpaired) electrons. The molecule has 0 amide bonds. The van der Waals surface area contributed by atoms with Crippen molar-refractivity contribution in [2.24, 2.45) is 0 Å². The molecular formula is C18H18ClNS. The maximum Gasteiger partial charge on any atom is 0.0406 e. The average Bonchev–Trinajstić information content (AvgIpc) is 2.91. The molecule has 3 heteroatoms. The molecule has 3 aromatic rings. The molecule has 21 heavy (non-hydrogen) atoms. The van der Waals surface area contributed by atoms with Crippen LogP contribution in [0.1, 0.15) is 24.1 Å². The first-order valence-corrected chi connectivity index (χ1v) is 8.47. The van der Waals surface area contributed by atoms with Gasteiger partial charge in [-0.25, -0.2) is 0 Å². The zero-order chi connectivity index (χ0) is 14.7. The van der Waals surface area contributed by atoms with E-state index in [-0.39, 0.29) is 0 Å². The third-order valence-corrected chi connectivity index (χ3v) is 4.97. The monoisotopic (exact) mass is 315 g/mol. The number of halogens is 1. The molecule has 0 aliphatic heterocycles. The second-order valence-corrected chi connectivity index (χ2v) is 6.47. The summed E-state index contributed by atoms with van der Waals surface area (Å²) in [5.74, 6) is 0. The summed E-state index contributed by atoms with van der Waals surface area (Å²) >= 11 is 7.82. The minimum Gasteiger partial charge on any atom is -0.310 e. The first kappa shape index (κ1) is 14.6. The standard InChI is InChI=1S/C18H18ClNS/c1-2-20-17(13-7-9-15(19)10-8-13)11-14-12-21-18-6-4-3-5-16(14)18/h3-10,12,17,20H,2,11H2,1H3. The van der Waals surface area contributed by atoms with Crippen LogP contribution in [0.25, 0.3) is 10.1 Å². The van der Waals surface area contributed by atoms with Crippen LogP contribution in [0.5, 0.6) is 0 Å². The van der Waals surface area contributed by atoms with Crippen LogP contribution >= 0.6 is 22.9 Å². The Morgan fingerprint density at radius 1 is 1.10 bits per heavy atom. The van der Waals surface area contributed by atoms with Crippen LogP contribution in [0.3, 0.4) is 0 Å². The van der Waals surface area contributed by atoms with Gasteiger partial charge in [-0.1, -0.05) is 48.9 Å². The Hall–Kier alpha value is -1.35. The molecule has 1 nitrogen and oxygen atoms in total. The van der Waals surface area contributed by atoms with Gasteiger partial charge >= 0.3 is 0 Å². The van der Waals surface area contributed by atoms with Crippen molar-refractivity contribution in [1.29, 1.82) is 0 Å². The molecule has 0 aliphatic rings. The molecule has 0 fully saturated rings. The van der Waals surface area contributed by atoms with Gasteiger partial charge in [0.15, 0.2) is 0 Å². The molecule has 1 unspecified atom stereocenters. The fourth-order valence-corrected chi connectivity index (χ4v) is 3.76. The summed E-state index contributed by atoms with van der Waals surface area (Å²) < 4.78 is 1.36. The molecular weight excluding hydrogens is 298 g/mol. The fourth-order valence-electron chi connectivity index (χ4n) is 2.66. The Bertz CT molecular complexity index is 717. The molecule has 0 saturated carbocycles. The summed E-state index contributed by atoms with van der Waals surface area (Å²) in [6.07, 6.45) is 0.999. The Kier molecular flexibility index (Phi) is 4.59. The van der Waals surface area contributed by atoms with E-state index in [1.807, 2.05) is 23.5 Å². The predicted octanol–water partition coefficient (Wildman–Crippen LogP) is 5.45.